The maximum absolute atomic E-state index is 2.57. The molecule has 0 aliphatic heterocycles. The summed E-state index contributed by atoms with van der Waals surface area (Å²) in [6, 6.07) is 0. The zero-order valence-corrected chi connectivity index (χ0v) is 46.7. The van der Waals surface area contributed by atoms with E-state index in [2.05, 4.69) is 159 Å². The van der Waals surface area contributed by atoms with Crippen LogP contribution in [0.25, 0.3) is 0 Å². The molecule has 0 aliphatic rings. The van der Waals surface area contributed by atoms with E-state index in [1.165, 1.54) is 0 Å². The van der Waals surface area contributed by atoms with Crippen LogP contribution in [0.5, 0.6) is 0 Å². The minimum atomic E-state index is -0.822. The molecule has 0 bridgehead atoms. The smallest absolute Gasteiger partial charge is 0.0363 e. The summed E-state index contributed by atoms with van der Waals surface area (Å²) in [6.45, 7) is 60.9. The Bertz CT molecular complexity index is 473. The van der Waals surface area contributed by atoms with Crippen molar-refractivity contribution in [3.8, 4) is 0 Å². The van der Waals surface area contributed by atoms with Gasteiger partial charge in [-0.25, -0.2) is 0 Å². The van der Waals surface area contributed by atoms with E-state index in [1.54, 1.807) is 0 Å². The fraction of sp³-hybridized carbons (Fsp3) is 1.00. The van der Waals surface area contributed by atoms with Crippen LogP contribution in [0.2, 0.25) is 134 Å². The van der Waals surface area contributed by atoms with Gasteiger partial charge in [-0.1, -0.05) is 176 Å². The predicted octanol–water partition coefficient (Wildman–Crippen LogP) is 10.4. The molecule has 0 amide bonds. The second-order valence-electron chi connectivity index (χ2n) is 18.2. The van der Waals surface area contributed by atoms with Crippen LogP contribution in [0.4, 0.5) is 0 Å². The van der Waals surface area contributed by atoms with Crippen molar-refractivity contribution in [1.29, 1.82) is 0 Å². The molecule has 0 fully saturated rings. The monoisotopic (exact) mass is 810 g/mol. The SMILES string of the molecule is CC(C)[Si]([Si](C)(C)C)[Si](C)(C)C.CC(C)[Si]([Si](C)(C)C)[Si](C)(C)C.CC(C)[Si]([Si](C)(C)C)[Si](C)(C)C.[K].[Sn]. The fourth-order valence-electron chi connectivity index (χ4n) is 8.57. The van der Waals surface area contributed by atoms with Gasteiger partial charge in [-0.2, -0.15) is 0 Å². The third-order valence-corrected chi connectivity index (χ3v) is 99.7. The Hall–Kier alpha value is 4.39. The summed E-state index contributed by atoms with van der Waals surface area (Å²) >= 11 is 0. The van der Waals surface area contributed by atoms with Gasteiger partial charge in [-0.05, 0) is 0 Å². The van der Waals surface area contributed by atoms with Crippen molar-refractivity contribution in [1.82, 2.24) is 0 Å². The molecule has 0 aromatic rings. The molecule has 0 aromatic heterocycles. The Labute approximate surface area is 315 Å². The van der Waals surface area contributed by atoms with Crippen molar-refractivity contribution >= 4 is 144 Å². The molecule has 0 aromatic carbocycles. The maximum atomic E-state index is 2.57. The Morgan fingerprint density at radius 3 is 0.368 bits per heavy atom. The van der Waals surface area contributed by atoms with E-state index in [1.807, 2.05) is 0 Å². The summed E-state index contributed by atoms with van der Waals surface area (Å²) in [4.78, 5) is 0. The number of hydrogen-bond acceptors (Lipinski definition) is 0. The predicted molar refractivity (Wildman–Crippen MR) is 214 cm³/mol. The average Bonchev–Trinajstić information content (AvgIpc) is 2.34. The van der Waals surface area contributed by atoms with E-state index in [0.717, 1.165) is 16.6 Å². The summed E-state index contributed by atoms with van der Waals surface area (Å²) in [6.07, 6.45) is 0. The molecule has 0 N–H and O–H groups in total. The van der Waals surface area contributed by atoms with Gasteiger partial charge in [-0.3, -0.25) is 0 Å². The zero-order chi connectivity index (χ0) is 30.5. The largest absolute Gasteiger partial charge is 0.0719 e. The summed E-state index contributed by atoms with van der Waals surface area (Å²) in [7, 11) is -4.97. The van der Waals surface area contributed by atoms with Crippen molar-refractivity contribution in [2.24, 2.45) is 0 Å². The molecule has 224 valence electrons. The number of hydrogen-bond donors (Lipinski definition) is 0. The Balaban J connectivity index is -0.000000140. The van der Waals surface area contributed by atoms with Gasteiger partial charge < -0.3 is 0 Å². The molecule has 0 rings (SSSR count). The van der Waals surface area contributed by atoms with Gasteiger partial charge in [0.15, 0.2) is 0 Å². The van der Waals surface area contributed by atoms with Gasteiger partial charge >= 0.3 is 0 Å². The molecule has 11 heteroatoms. The minimum Gasteiger partial charge on any atom is -0.0719 e. The van der Waals surface area contributed by atoms with Gasteiger partial charge in [0.2, 0.25) is 0 Å². The molecule has 0 saturated heterocycles. The summed E-state index contributed by atoms with van der Waals surface area (Å²) in [5, 5.41) is 0. The van der Waals surface area contributed by atoms with Crippen LogP contribution in [-0.2, 0) is 0 Å². The van der Waals surface area contributed by atoms with E-state index in [4.69, 9.17) is 0 Å². The van der Waals surface area contributed by atoms with E-state index in [-0.39, 0.29) is 98.8 Å². The second kappa shape index (κ2) is 19.8. The van der Waals surface area contributed by atoms with Crippen molar-refractivity contribution in [2.75, 3.05) is 0 Å². The number of rotatable bonds is 9. The van der Waals surface area contributed by atoms with Crippen LogP contribution in [0.15, 0.2) is 0 Å². The molecule has 0 aliphatic carbocycles. The summed E-state index contributed by atoms with van der Waals surface area (Å²) in [5.74, 6) is 0. The first-order valence-corrected chi connectivity index (χ1v) is 46.6. The molecular formula is C27H75KSi9Sn. The molecule has 38 heavy (non-hydrogen) atoms. The van der Waals surface area contributed by atoms with Crippen LogP contribution < -0.4 is 0 Å². The average molecular weight is 810 g/mol. The topological polar surface area (TPSA) is 0 Å². The van der Waals surface area contributed by atoms with Crippen molar-refractivity contribution in [3.05, 3.63) is 0 Å². The van der Waals surface area contributed by atoms with Crippen molar-refractivity contribution in [3.63, 3.8) is 0 Å². The standard InChI is InChI=1S/3C9H25Si3.K.Sn/c3*1-9(2)10(11(3,4)5)12(6,7)8;;/h3*9H,1-8H3;;. The van der Waals surface area contributed by atoms with Crippen LogP contribution in [0, 0.1) is 0 Å². The van der Waals surface area contributed by atoms with E-state index >= 15 is 0 Å². The van der Waals surface area contributed by atoms with Crippen molar-refractivity contribution < 1.29 is 0 Å². The Morgan fingerprint density at radius 1 is 0.289 bits per heavy atom. The van der Waals surface area contributed by atoms with Gasteiger partial charge in [-0.15, -0.1) is 0 Å². The van der Waals surface area contributed by atoms with Gasteiger partial charge in [0, 0.05) is 144 Å². The molecule has 0 nitrogen and oxygen atoms in total. The molecule has 8 radical (unpaired) electrons. The third-order valence-electron chi connectivity index (χ3n) is 6.58. The van der Waals surface area contributed by atoms with Crippen molar-refractivity contribution in [2.45, 2.75) is 176 Å². The summed E-state index contributed by atoms with van der Waals surface area (Å²) in [5.41, 5.74) is 2.98. The zero-order valence-electron chi connectivity index (χ0n) is 31.7. The van der Waals surface area contributed by atoms with Gasteiger partial charge in [0.05, 0.1) is 0 Å². The molecule has 0 saturated carbocycles. The minimum absolute atomic E-state index is 0. The van der Waals surface area contributed by atoms with Gasteiger partial charge in [0.25, 0.3) is 0 Å². The normalized spacial score (nSPS) is 13.7. The quantitative estimate of drug-likeness (QED) is 0.204. The van der Waals surface area contributed by atoms with Gasteiger partial charge in [0.1, 0.15) is 0 Å². The first-order valence-electron chi connectivity index (χ1n) is 14.8. The van der Waals surface area contributed by atoms with E-state index in [0.29, 0.717) is 0 Å². The van der Waals surface area contributed by atoms with Crippen LogP contribution in [0.1, 0.15) is 41.5 Å². The molecule has 0 heterocycles. The third kappa shape index (κ3) is 22.8. The summed E-state index contributed by atoms with van der Waals surface area (Å²) < 4.78 is 0. The second-order valence-corrected chi connectivity index (χ2v) is 92.3. The Kier molecular flexibility index (Phi) is 27.1. The first kappa shape index (κ1) is 51.9. The van der Waals surface area contributed by atoms with Crippen LogP contribution in [0.3, 0.4) is 0 Å². The maximum Gasteiger partial charge on any atom is 0.0363 e. The molecule has 0 atom stereocenters. The molecule has 0 spiro atoms. The first-order chi connectivity index (χ1) is 15.2. The van der Waals surface area contributed by atoms with E-state index < -0.39 is 45.5 Å². The van der Waals surface area contributed by atoms with Crippen LogP contribution in [-0.4, -0.2) is 144 Å². The van der Waals surface area contributed by atoms with Crippen LogP contribution >= 0.6 is 0 Å². The van der Waals surface area contributed by atoms with E-state index in [9.17, 15) is 0 Å². The molecular weight excluding hydrogens is 735 g/mol. The molecule has 0 unspecified atom stereocenters. The fourth-order valence-corrected chi connectivity index (χ4v) is 138. The Morgan fingerprint density at radius 2 is 0.368 bits per heavy atom.